The van der Waals surface area contributed by atoms with Crippen molar-refractivity contribution < 1.29 is 14.3 Å². The lowest BCUT2D eigenvalue weighted by atomic mass is 9.47. The van der Waals surface area contributed by atoms with Crippen LogP contribution in [-0.4, -0.2) is 36.0 Å². The summed E-state index contributed by atoms with van der Waals surface area (Å²) >= 11 is 0. The number of carbonyl (C=O) groups is 2. The minimum Gasteiger partial charge on any atom is -0.466 e. The van der Waals surface area contributed by atoms with Gasteiger partial charge in [-0.3, -0.25) is 9.59 Å². The van der Waals surface area contributed by atoms with E-state index in [-0.39, 0.29) is 23.8 Å². The summed E-state index contributed by atoms with van der Waals surface area (Å²) in [5.41, 5.74) is 0.327. The molecule has 4 aliphatic carbocycles. The van der Waals surface area contributed by atoms with Gasteiger partial charge in [-0.2, -0.15) is 0 Å². The molecule has 0 N–H and O–H groups in total. The van der Waals surface area contributed by atoms with Crippen molar-refractivity contribution in [3.63, 3.8) is 0 Å². The number of amides is 1. The predicted molar refractivity (Wildman–Crippen MR) is 86.5 cm³/mol. The molecule has 4 saturated carbocycles. The molecule has 4 nitrogen and oxygen atoms in total. The summed E-state index contributed by atoms with van der Waals surface area (Å²) in [5.74, 6) is 2.39. The number of carbonyl (C=O) groups excluding carboxylic acids is 2. The first-order chi connectivity index (χ1) is 11.0. The van der Waals surface area contributed by atoms with Gasteiger partial charge in [0, 0.05) is 19.0 Å². The van der Waals surface area contributed by atoms with E-state index < -0.39 is 0 Å². The van der Waals surface area contributed by atoms with Gasteiger partial charge in [-0.1, -0.05) is 0 Å². The highest BCUT2D eigenvalue weighted by molar-refractivity contribution is 5.87. The summed E-state index contributed by atoms with van der Waals surface area (Å²) in [7, 11) is 0. The van der Waals surface area contributed by atoms with Crippen LogP contribution < -0.4 is 0 Å². The largest absolute Gasteiger partial charge is 0.466 e. The van der Waals surface area contributed by atoms with E-state index in [1.54, 1.807) is 0 Å². The highest BCUT2D eigenvalue weighted by atomic mass is 16.5. The zero-order valence-electron chi connectivity index (χ0n) is 14.4. The molecule has 0 spiro atoms. The molecule has 1 heterocycles. The van der Waals surface area contributed by atoms with Crippen LogP contribution in [0, 0.1) is 29.1 Å². The molecule has 0 aromatic heterocycles. The first-order valence-electron chi connectivity index (χ1n) is 9.47. The van der Waals surface area contributed by atoms with Gasteiger partial charge < -0.3 is 9.64 Å². The molecular weight excluding hydrogens is 290 g/mol. The minimum absolute atomic E-state index is 0.159. The Kier molecular flexibility index (Phi) is 3.69. The first kappa shape index (κ1) is 15.5. The Bertz CT molecular complexity index is 479. The van der Waals surface area contributed by atoms with Gasteiger partial charge in [-0.25, -0.2) is 0 Å². The first-order valence-corrected chi connectivity index (χ1v) is 9.47. The highest BCUT2D eigenvalue weighted by Crippen LogP contribution is 2.62. The summed E-state index contributed by atoms with van der Waals surface area (Å²) in [6.07, 6.45) is 8.51. The van der Waals surface area contributed by atoms with Gasteiger partial charge in [0.1, 0.15) is 0 Å². The summed E-state index contributed by atoms with van der Waals surface area (Å²) in [5, 5.41) is 0. The van der Waals surface area contributed by atoms with E-state index in [1.165, 1.54) is 38.5 Å². The Morgan fingerprint density at radius 2 is 1.78 bits per heavy atom. The van der Waals surface area contributed by atoms with E-state index in [0.717, 1.165) is 17.8 Å². The van der Waals surface area contributed by atoms with Crippen molar-refractivity contribution in [2.45, 2.75) is 64.8 Å². The Hall–Kier alpha value is -1.06. The van der Waals surface area contributed by atoms with E-state index in [4.69, 9.17) is 4.74 Å². The lowest BCUT2D eigenvalue weighted by molar-refractivity contribution is -0.148. The van der Waals surface area contributed by atoms with Gasteiger partial charge in [-0.05, 0) is 75.5 Å². The molecule has 4 heteroatoms. The van der Waals surface area contributed by atoms with Crippen LogP contribution >= 0.6 is 0 Å². The minimum atomic E-state index is -0.251. The molecule has 0 radical (unpaired) electrons. The Morgan fingerprint density at radius 1 is 1.22 bits per heavy atom. The second-order valence-electron chi connectivity index (χ2n) is 8.66. The van der Waals surface area contributed by atoms with Crippen LogP contribution in [0.3, 0.4) is 0 Å². The fraction of sp³-hybridized carbons (Fsp3) is 0.895. The maximum Gasteiger partial charge on any atom is 0.311 e. The topological polar surface area (TPSA) is 46.6 Å². The summed E-state index contributed by atoms with van der Waals surface area (Å²) in [4.78, 5) is 26.6. The maximum absolute atomic E-state index is 12.5. The molecule has 0 aromatic rings. The van der Waals surface area contributed by atoms with Crippen LogP contribution in [0.1, 0.15) is 58.8 Å². The molecule has 1 saturated heterocycles. The number of ether oxygens (including phenoxy) is 1. The van der Waals surface area contributed by atoms with Gasteiger partial charge in [0.15, 0.2) is 0 Å². The summed E-state index contributed by atoms with van der Waals surface area (Å²) in [6, 6.07) is 0.280. The number of likely N-dealkylation sites (tertiary alicyclic amines) is 1. The number of nitrogens with zero attached hydrogens (tertiary/aromatic N) is 1. The van der Waals surface area contributed by atoms with Crippen LogP contribution in [0.5, 0.6) is 0 Å². The van der Waals surface area contributed by atoms with Crippen LogP contribution in [0.25, 0.3) is 0 Å². The fourth-order valence-electron chi connectivity index (χ4n) is 6.54. The van der Waals surface area contributed by atoms with Crippen molar-refractivity contribution in [2.75, 3.05) is 13.2 Å². The lowest BCUT2D eigenvalue weighted by Crippen LogP contribution is -2.56. The van der Waals surface area contributed by atoms with E-state index >= 15 is 0 Å². The monoisotopic (exact) mass is 319 g/mol. The smallest absolute Gasteiger partial charge is 0.311 e. The van der Waals surface area contributed by atoms with Crippen molar-refractivity contribution in [2.24, 2.45) is 29.1 Å². The van der Waals surface area contributed by atoms with Crippen molar-refractivity contribution >= 4 is 11.9 Å². The number of rotatable bonds is 4. The Labute approximate surface area is 138 Å². The zero-order chi connectivity index (χ0) is 16.2. The molecule has 1 amide bonds. The standard InChI is InChI=1S/C19H29NO3/c1-3-23-18(22)16-7-17(21)20(11-16)12(2)19-8-13-4-14(9-19)6-15(5-13)10-19/h12-16H,3-11H2,1-2H3. The fourth-order valence-corrected chi connectivity index (χ4v) is 6.54. The molecule has 1 aliphatic heterocycles. The SMILES string of the molecule is CCOC(=O)C1CC(=O)N(C(C)C23CC4CC(CC(C4)C2)C3)C1. The van der Waals surface area contributed by atoms with Gasteiger partial charge in [0.25, 0.3) is 0 Å². The van der Waals surface area contributed by atoms with Crippen LogP contribution in [0.2, 0.25) is 0 Å². The molecule has 0 aromatic carbocycles. The van der Waals surface area contributed by atoms with Crippen LogP contribution in [0.4, 0.5) is 0 Å². The van der Waals surface area contributed by atoms with E-state index in [1.807, 2.05) is 11.8 Å². The average molecular weight is 319 g/mol. The van der Waals surface area contributed by atoms with Gasteiger partial charge in [0.05, 0.1) is 12.5 Å². The molecule has 23 heavy (non-hydrogen) atoms. The average Bonchev–Trinajstić information content (AvgIpc) is 2.87. The molecule has 128 valence electrons. The number of hydrogen-bond donors (Lipinski definition) is 0. The van der Waals surface area contributed by atoms with E-state index in [2.05, 4.69) is 6.92 Å². The maximum atomic E-state index is 12.5. The number of hydrogen-bond acceptors (Lipinski definition) is 3. The van der Waals surface area contributed by atoms with Gasteiger partial charge >= 0.3 is 5.97 Å². The third-order valence-corrected chi connectivity index (χ3v) is 7.22. The zero-order valence-corrected chi connectivity index (χ0v) is 14.4. The van der Waals surface area contributed by atoms with Gasteiger partial charge in [0.2, 0.25) is 5.91 Å². The quantitative estimate of drug-likeness (QED) is 0.748. The predicted octanol–water partition coefficient (Wildman–Crippen LogP) is 3.00. The summed E-state index contributed by atoms with van der Waals surface area (Å²) < 4.78 is 5.13. The lowest BCUT2D eigenvalue weighted by Gasteiger charge is -2.60. The third kappa shape index (κ3) is 2.49. The number of esters is 1. The van der Waals surface area contributed by atoms with E-state index in [9.17, 15) is 9.59 Å². The van der Waals surface area contributed by atoms with Crippen LogP contribution in [0.15, 0.2) is 0 Å². The van der Waals surface area contributed by atoms with Crippen LogP contribution in [-0.2, 0) is 14.3 Å². The van der Waals surface area contributed by atoms with Crippen molar-refractivity contribution in [1.29, 1.82) is 0 Å². The molecule has 5 aliphatic rings. The molecule has 5 rings (SSSR count). The molecule has 2 unspecified atom stereocenters. The summed E-state index contributed by atoms with van der Waals surface area (Å²) in [6.45, 7) is 5.04. The van der Waals surface area contributed by atoms with Crippen molar-refractivity contribution in [3.05, 3.63) is 0 Å². The molecule has 4 bridgehead atoms. The van der Waals surface area contributed by atoms with Crippen molar-refractivity contribution in [3.8, 4) is 0 Å². The third-order valence-electron chi connectivity index (χ3n) is 7.22. The van der Waals surface area contributed by atoms with E-state index in [0.29, 0.717) is 25.0 Å². The van der Waals surface area contributed by atoms with Gasteiger partial charge in [-0.15, -0.1) is 0 Å². The van der Waals surface area contributed by atoms with Crippen molar-refractivity contribution in [1.82, 2.24) is 4.90 Å². The second kappa shape index (κ2) is 5.49. The molecule has 2 atom stereocenters. The molecular formula is C19H29NO3. The second-order valence-corrected chi connectivity index (χ2v) is 8.66. The highest BCUT2D eigenvalue weighted by Gasteiger charge is 2.55. The normalized spacial score (nSPS) is 43.0. The Morgan fingerprint density at radius 3 is 2.30 bits per heavy atom. The molecule has 5 fully saturated rings. The Balaban J connectivity index is 1.50.